The number of hydrogen-bond donors (Lipinski definition) is 0. The van der Waals surface area contributed by atoms with Crippen LogP contribution in [0.5, 0.6) is 0 Å². The van der Waals surface area contributed by atoms with Gasteiger partial charge in [-0.05, 0) is 12.8 Å². The van der Waals surface area contributed by atoms with Crippen molar-refractivity contribution in [2.45, 2.75) is 31.8 Å². The molecule has 0 spiro atoms. The number of aromatic nitrogens is 2. The Balaban J connectivity index is 1.87. The van der Waals surface area contributed by atoms with Crippen LogP contribution in [-0.2, 0) is 13.0 Å². The van der Waals surface area contributed by atoms with Crippen LogP contribution in [-0.4, -0.2) is 44.5 Å². The van der Waals surface area contributed by atoms with Crippen molar-refractivity contribution in [3.8, 4) is 6.07 Å². The van der Waals surface area contributed by atoms with E-state index in [2.05, 4.69) is 11.1 Å². The summed E-state index contributed by atoms with van der Waals surface area (Å²) in [6, 6.07) is 1.93. The van der Waals surface area contributed by atoms with Gasteiger partial charge in [-0.2, -0.15) is 17.0 Å². The molecule has 0 radical (unpaired) electrons. The van der Waals surface area contributed by atoms with Crippen LogP contribution in [0.4, 0.5) is 0 Å². The molecule has 19 heavy (non-hydrogen) atoms. The summed E-state index contributed by atoms with van der Waals surface area (Å²) in [5, 5.41) is 9.17. The van der Waals surface area contributed by atoms with Crippen LogP contribution in [0.25, 0.3) is 0 Å². The third-order valence-electron chi connectivity index (χ3n) is 3.73. The molecule has 1 unspecified atom stereocenters. The zero-order valence-corrected chi connectivity index (χ0v) is 11.5. The maximum Gasteiger partial charge on any atom is 0.273 e. The largest absolute Gasteiger partial charge is 0.324 e. The second-order valence-corrected chi connectivity index (χ2v) is 6.04. The molecule has 3 heterocycles. The molecule has 1 aromatic rings. The number of carbonyl (C=O) groups is 1. The minimum Gasteiger partial charge on any atom is -0.324 e. The van der Waals surface area contributed by atoms with Crippen molar-refractivity contribution in [1.82, 2.24) is 14.5 Å². The van der Waals surface area contributed by atoms with Gasteiger partial charge in [-0.25, -0.2) is 4.98 Å². The molecule has 0 N–H and O–H groups in total. The zero-order chi connectivity index (χ0) is 13.2. The molecule has 0 bridgehead atoms. The third-order valence-corrected chi connectivity index (χ3v) is 4.75. The number of nitrogens with zero attached hydrogens (tertiary/aromatic N) is 4. The number of fused-ring (bicyclic) bond motifs is 1. The van der Waals surface area contributed by atoms with Crippen molar-refractivity contribution in [3.05, 3.63) is 17.7 Å². The number of aryl methyl sites for hydroxylation is 1. The predicted octanol–water partition coefficient (Wildman–Crippen LogP) is 1.30. The molecule has 3 rings (SSSR count). The first kappa shape index (κ1) is 12.5. The van der Waals surface area contributed by atoms with Crippen molar-refractivity contribution in [2.75, 3.05) is 18.1 Å². The van der Waals surface area contributed by atoms with Gasteiger partial charge in [-0.1, -0.05) is 0 Å². The Bertz CT molecular complexity index is 533. The van der Waals surface area contributed by atoms with Gasteiger partial charge in [0.2, 0.25) is 0 Å². The summed E-state index contributed by atoms with van der Waals surface area (Å²) < 4.78 is 2.03. The quantitative estimate of drug-likeness (QED) is 0.775. The summed E-state index contributed by atoms with van der Waals surface area (Å²) in [4.78, 5) is 18.7. The number of carbonyl (C=O) groups excluding carboxylic acids is 1. The molecule has 1 aromatic heterocycles. The van der Waals surface area contributed by atoms with Crippen LogP contribution in [0.1, 0.15) is 29.2 Å². The number of rotatable bonds is 1. The minimum absolute atomic E-state index is 0.0347. The Morgan fingerprint density at radius 1 is 1.47 bits per heavy atom. The van der Waals surface area contributed by atoms with E-state index >= 15 is 0 Å². The van der Waals surface area contributed by atoms with Crippen molar-refractivity contribution >= 4 is 17.7 Å². The van der Waals surface area contributed by atoms with E-state index in [1.807, 2.05) is 4.57 Å². The van der Waals surface area contributed by atoms with Gasteiger partial charge < -0.3 is 9.47 Å². The van der Waals surface area contributed by atoms with E-state index in [0.717, 1.165) is 37.4 Å². The molecule has 1 saturated heterocycles. The summed E-state index contributed by atoms with van der Waals surface area (Å²) in [5.41, 5.74) is 0.654. The van der Waals surface area contributed by atoms with E-state index in [-0.39, 0.29) is 11.9 Å². The number of imidazole rings is 1. The van der Waals surface area contributed by atoms with Gasteiger partial charge in [0.05, 0.1) is 12.3 Å². The Morgan fingerprint density at radius 3 is 3.21 bits per heavy atom. The predicted molar refractivity (Wildman–Crippen MR) is 72.9 cm³/mol. The molecule has 5 nitrogen and oxygen atoms in total. The van der Waals surface area contributed by atoms with Gasteiger partial charge in [0.15, 0.2) is 0 Å². The van der Waals surface area contributed by atoms with Crippen LogP contribution < -0.4 is 0 Å². The Morgan fingerprint density at radius 2 is 2.37 bits per heavy atom. The highest BCUT2D eigenvalue weighted by atomic mass is 32.2. The Labute approximate surface area is 116 Å². The SMILES string of the molecule is N#CC1CSCCN1C(=O)c1cnc2n1CCCC2. The highest BCUT2D eigenvalue weighted by molar-refractivity contribution is 7.99. The van der Waals surface area contributed by atoms with E-state index in [4.69, 9.17) is 5.26 Å². The van der Waals surface area contributed by atoms with E-state index in [0.29, 0.717) is 18.0 Å². The van der Waals surface area contributed by atoms with Gasteiger partial charge >= 0.3 is 0 Å². The summed E-state index contributed by atoms with van der Waals surface area (Å²) in [7, 11) is 0. The summed E-state index contributed by atoms with van der Waals surface area (Å²) in [5.74, 6) is 2.59. The number of nitriles is 1. The van der Waals surface area contributed by atoms with Crippen LogP contribution in [0.15, 0.2) is 6.20 Å². The molecule has 1 fully saturated rings. The average Bonchev–Trinajstić information content (AvgIpc) is 2.90. The lowest BCUT2D eigenvalue weighted by atomic mass is 10.1. The first-order valence-corrected chi connectivity index (χ1v) is 7.79. The number of thioether (sulfide) groups is 1. The van der Waals surface area contributed by atoms with Crippen molar-refractivity contribution in [1.29, 1.82) is 5.26 Å². The van der Waals surface area contributed by atoms with Gasteiger partial charge in [0.1, 0.15) is 17.6 Å². The molecule has 0 aliphatic carbocycles. The molecule has 6 heteroatoms. The van der Waals surface area contributed by atoms with Crippen LogP contribution in [0.2, 0.25) is 0 Å². The lowest BCUT2D eigenvalue weighted by Gasteiger charge is -2.31. The monoisotopic (exact) mass is 276 g/mol. The lowest BCUT2D eigenvalue weighted by Crippen LogP contribution is -2.46. The maximum absolute atomic E-state index is 12.6. The topological polar surface area (TPSA) is 61.9 Å². The van der Waals surface area contributed by atoms with E-state index < -0.39 is 0 Å². The fraction of sp³-hybridized carbons (Fsp3) is 0.615. The summed E-state index contributed by atoms with van der Waals surface area (Å²) in [6.07, 6.45) is 4.87. The average molecular weight is 276 g/mol. The smallest absolute Gasteiger partial charge is 0.273 e. The summed E-state index contributed by atoms with van der Waals surface area (Å²) in [6.45, 7) is 1.53. The van der Waals surface area contributed by atoms with Gasteiger partial charge in [-0.15, -0.1) is 0 Å². The van der Waals surface area contributed by atoms with E-state index in [1.54, 1.807) is 22.9 Å². The zero-order valence-electron chi connectivity index (χ0n) is 10.7. The van der Waals surface area contributed by atoms with Gasteiger partial charge in [0.25, 0.3) is 5.91 Å². The second kappa shape index (κ2) is 5.25. The van der Waals surface area contributed by atoms with E-state index in [1.165, 1.54) is 0 Å². The number of amides is 1. The molecule has 0 aromatic carbocycles. The first-order valence-electron chi connectivity index (χ1n) is 6.64. The van der Waals surface area contributed by atoms with Gasteiger partial charge in [0, 0.05) is 31.0 Å². The third kappa shape index (κ3) is 2.23. The van der Waals surface area contributed by atoms with Crippen molar-refractivity contribution in [2.24, 2.45) is 0 Å². The number of hydrogen-bond acceptors (Lipinski definition) is 4. The highest BCUT2D eigenvalue weighted by Crippen LogP contribution is 2.21. The van der Waals surface area contributed by atoms with Crippen LogP contribution >= 0.6 is 11.8 Å². The van der Waals surface area contributed by atoms with Crippen molar-refractivity contribution < 1.29 is 4.79 Å². The fourth-order valence-electron chi connectivity index (χ4n) is 2.69. The molecule has 2 aliphatic heterocycles. The second-order valence-electron chi connectivity index (χ2n) is 4.89. The molecular formula is C13H16N4OS. The molecule has 0 saturated carbocycles. The minimum atomic E-state index is -0.305. The lowest BCUT2D eigenvalue weighted by molar-refractivity contribution is 0.0725. The standard InChI is InChI=1S/C13H16N4OS/c14-7-10-9-19-6-5-16(10)13(18)11-8-15-12-3-1-2-4-17(11)12/h8,10H,1-6,9H2. The van der Waals surface area contributed by atoms with Crippen LogP contribution in [0, 0.1) is 11.3 Å². The molecule has 1 amide bonds. The normalized spacial score (nSPS) is 22.7. The molecule has 2 aliphatic rings. The molecule has 100 valence electrons. The molecular weight excluding hydrogens is 260 g/mol. The highest BCUT2D eigenvalue weighted by Gasteiger charge is 2.30. The summed E-state index contributed by atoms with van der Waals surface area (Å²) >= 11 is 1.74. The molecule has 1 atom stereocenters. The fourth-order valence-corrected chi connectivity index (χ4v) is 3.66. The van der Waals surface area contributed by atoms with Crippen molar-refractivity contribution in [3.63, 3.8) is 0 Å². The van der Waals surface area contributed by atoms with Crippen LogP contribution in [0.3, 0.4) is 0 Å². The Kier molecular flexibility index (Phi) is 3.47. The first-order chi connectivity index (χ1) is 9.31. The van der Waals surface area contributed by atoms with Gasteiger partial charge in [-0.3, -0.25) is 4.79 Å². The van der Waals surface area contributed by atoms with E-state index in [9.17, 15) is 4.79 Å². The maximum atomic E-state index is 12.6. The Hall–Kier alpha value is -1.48.